The summed E-state index contributed by atoms with van der Waals surface area (Å²) in [6.45, 7) is 0.271. The van der Waals surface area contributed by atoms with E-state index >= 15 is 0 Å². The Kier molecular flexibility index (Phi) is 4.85. The van der Waals surface area contributed by atoms with Gasteiger partial charge in [-0.2, -0.15) is 0 Å². The van der Waals surface area contributed by atoms with Crippen LogP contribution in [0.1, 0.15) is 15.9 Å². The highest BCUT2D eigenvalue weighted by molar-refractivity contribution is 6.35. The summed E-state index contributed by atoms with van der Waals surface area (Å²) in [6.07, 6.45) is 0. The normalized spacial score (nSPS) is 10.3. The van der Waals surface area contributed by atoms with E-state index in [0.29, 0.717) is 10.0 Å². The summed E-state index contributed by atoms with van der Waals surface area (Å²) in [5, 5.41) is 15.0. The fourth-order valence-electron chi connectivity index (χ4n) is 1.84. The lowest BCUT2D eigenvalue weighted by molar-refractivity contribution is -0.384. The molecule has 0 saturated carbocycles. The number of hydrogen-bond donors (Lipinski definition) is 2. The van der Waals surface area contributed by atoms with Crippen LogP contribution in [0.3, 0.4) is 0 Å². The molecule has 22 heavy (non-hydrogen) atoms. The van der Waals surface area contributed by atoms with E-state index in [2.05, 4.69) is 5.32 Å². The Labute approximate surface area is 136 Å². The van der Waals surface area contributed by atoms with Crippen LogP contribution in [-0.4, -0.2) is 10.8 Å². The average molecular weight is 340 g/mol. The van der Waals surface area contributed by atoms with Crippen molar-refractivity contribution in [2.24, 2.45) is 5.73 Å². The van der Waals surface area contributed by atoms with Gasteiger partial charge in [0.05, 0.1) is 4.92 Å². The van der Waals surface area contributed by atoms with Crippen LogP contribution in [0.5, 0.6) is 0 Å². The van der Waals surface area contributed by atoms with E-state index in [1.165, 1.54) is 12.1 Å². The van der Waals surface area contributed by atoms with Gasteiger partial charge in [-0.25, -0.2) is 0 Å². The molecule has 0 aliphatic carbocycles. The lowest BCUT2D eigenvalue weighted by Gasteiger charge is -2.09. The van der Waals surface area contributed by atoms with Gasteiger partial charge in [0, 0.05) is 28.2 Å². The number of carbonyl (C=O) groups is 1. The van der Waals surface area contributed by atoms with E-state index in [1.54, 1.807) is 18.2 Å². The van der Waals surface area contributed by atoms with Crippen molar-refractivity contribution in [3.8, 4) is 0 Å². The highest BCUT2D eigenvalue weighted by Gasteiger charge is 2.16. The summed E-state index contributed by atoms with van der Waals surface area (Å²) in [5.74, 6) is -0.726. The van der Waals surface area contributed by atoms with Crippen LogP contribution >= 0.6 is 23.2 Å². The van der Waals surface area contributed by atoms with Crippen molar-refractivity contribution >= 4 is 40.5 Å². The Morgan fingerprint density at radius 3 is 2.55 bits per heavy atom. The molecule has 0 radical (unpaired) electrons. The second-order valence-electron chi connectivity index (χ2n) is 4.44. The van der Waals surface area contributed by atoms with Gasteiger partial charge >= 0.3 is 0 Å². The molecule has 0 unspecified atom stereocenters. The van der Waals surface area contributed by atoms with Gasteiger partial charge in [0.1, 0.15) is 5.69 Å². The third kappa shape index (κ3) is 3.66. The predicted octanol–water partition coefficient (Wildman–Crippen LogP) is 3.61. The van der Waals surface area contributed by atoms with Gasteiger partial charge in [0.15, 0.2) is 0 Å². The van der Waals surface area contributed by atoms with Crippen LogP contribution in [0, 0.1) is 10.1 Å². The van der Waals surface area contributed by atoms with Gasteiger partial charge in [-0.3, -0.25) is 14.9 Å². The van der Waals surface area contributed by atoms with Crippen molar-refractivity contribution in [1.82, 2.24) is 0 Å². The Balaban J connectivity index is 2.25. The molecule has 0 aliphatic rings. The average Bonchev–Trinajstić information content (AvgIpc) is 2.46. The van der Waals surface area contributed by atoms with Crippen molar-refractivity contribution in [2.45, 2.75) is 6.54 Å². The number of nitrogens with one attached hydrogen (secondary N) is 1. The van der Waals surface area contributed by atoms with Crippen LogP contribution in [0.4, 0.5) is 11.4 Å². The number of nitrogens with zero attached hydrogens (tertiary/aromatic N) is 1. The van der Waals surface area contributed by atoms with Crippen LogP contribution in [0.2, 0.25) is 10.0 Å². The molecule has 114 valence electrons. The van der Waals surface area contributed by atoms with E-state index in [-0.39, 0.29) is 23.5 Å². The molecule has 8 heteroatoms. The molecule has 0 atom stereocenters. The fraction of sp³-hybridized carbons (Fsp3) is 0.0714. The molecule has 0 fully saturated rings. The smallest absolute Gasteiger partial charge is 0.293 e. The Morgan fingerprint density at radius 2 is 1.95 bits per heavy atom. The van der Waals surface area contributed by atoms with Gasteiger partial charge in [-0.1, -0.05) is 29.3 Å². The molecule has 0 aromatic heterocycles. The van der Waals surface area contributed by atoms with E-state index in [9.17, 15) is 14.9 Å². The topological polar surface area (TPSA) is 98.3 Å². The number of amides is 1. The number of nitro groups is 1. The summed E-state index contributed by atoms with van der Waals surface area (Å²) >= 11 is 11.9. The molecule has 3 N–H and O–H groups in total. The van der Waals surface area contributed by atoms with Gasteiger partial charge in [0.2, 0.25) is 5.91 Å². The summed E-state index contributed by atoms with van der Waals surface area (Å²) in [6, 6.07) is 8.97. The molecule has 0 heterocycles. The van der Waals surface area contributed by atoms with E-state index in [0.717, 1.165) is 11.6 Å². The zero-order valence-corrected chi connectivity index (χ0v) is 12.7. The molecule has 2 aromatic carbocycles. The first-order valence-electron chi connectivity index (χ1n) is 6.14. The minimum Gasteiger partial charge on any atom is -0.375 e. The standard InChI is InChI=1S/C14H11Cl2N3O3/c15-10-3-1-9(11(16)6-10)7-18-12-4-2-8(14(17)20)5-13(12)19(21)22/h1-6,18H,7H2,(H2,17,20). The maximum absolute atomic E-state index is 11.1. The number of halogens is 2. The molecule has 0 bridgehead atoms. The number of rotatable bonds is 5. The number of hydrogen-bond acceptors (Lipinski definition) is 4. The minimum absolute atomic E-state index is 0.0711. The first-order chi connectivity index (χ1) is 10.4. The molecule has 2 rings (SSSR count). The maximum Gasteiger partial charge on any atom is 0.293 e. The van der Waals surface area contributed by atoms with Crippen LogP contribution in [-0.2, 0) is 6.54 Å². The Bertz CT molecular complexity index is 750. The van der Waals surface area contributed by atoms with Gasteiger partial charge in [0.25, 0.3) is 5.69 Å². The van der Waals surface area contributed by atoms with Gasteiger partial charge in [-0.15, -0.1) is 0 Å². The van der Waals surface area contributed by atoms with Crippen molar-refractivity contribution in [3.05, 3.63) is 67.7 Å². The molecular weight excluding hydrogens is 329 g/mol. The van der Waals surface area contributed by atoms with Gasteiger partial charge < -0.3 is 11.1 Å². The fourth-order valence-corrected chi connectivity index (χ4v) is 2.32. The van der Waals surface area contributed by atoms with Crippen molar-refractivity contribution in [3.63, 3.8) is 0 Å². The van der Waals surface area contributed by atoms with Crippen molar-refractivity contribution in [2.75, 3.05) is 5.32 Å². The van der Waals surface area contributed by atoms with Crippen LogP contribution in [0.15, 0.2) is 36.4 Å². The molecule has 2 aromatic rings. The summed E-state index contributed by atoms with van der Waals surface area (Å²) < 4.78 is 0. The lowest BCUT2D eigenvalue weighted by Crippen LogP contribution is -2.12. The monoisotopic (exact) mass is 339 g/mol. The van der Waals surface area contributed by atoms with Crippen LogP contribution in [0.25, 0.3) is 0 Å². The zero-order valence-electron chi connectivity index (χ0n) is 11.2. The molecule has 1 amide bonds. The summed E-state index contributed by atoms with van der Waals surface area (Å²) in [5.41, 5.74) is 5.96. The second-order valence-corrected chi connectivity index (χ2v) is 5.29. The van der Waals surface area contributed by atoms with Crippen molar-refractivity contribution < 1.29 is 9.72 Å². The number of nitrogens with two attached hydrogens (primary N) is 1. The Morgan fingerprint density at radius 1 is 1.23 bits per heavy atom. The number of anilines is 1. The van der Waals surface area contributed by atoms with Crippen LogP contribution < -0.4 is 11.1 Å². The molecule has 6 nitrogen and oxygen atoms in total. The summed E-state index contributed by atoms with van der Waals surface area (Å²) in [4.78, 5) is 21.6. The zero-order chi connectivity index (χ0) is 16.3. The molecule has 0 aliphatic heterocycles. The SMILES string of the molecule is NC(=O)c1ccc(NCc2ccc(Cl)cc2Cl)c([N+](=O)[O-])c1. The highest BCUT2D eigenvalue weighted by atomic mass is 35.5. The third-order valence-electron chi connectivity index (χ3n) is 2.96. The van der Waals surface area contributed by atoms with E-state index in [4.69, 9.17) is 28.9 Å². The number of benzene rings is 2. The second kappa shape index (κ2) is 6.64. The first-order valence-corrected chi connectivity index (χ1v) is 6.90. The highest BCUT2D eigenvalue weighted by Crippen LogP contribution is 2.27. The molecular formula is C14H11Cl2N3O3. The Hall–Kier alpha value is -2.31. The number of carbonyl (C=O) groups excluding carboxylic acids is 1. The molecule has 0 saturated heterocycles. The van der Waals surface area contributed by atoms with Crippen molar-refractivity contribution in [1.29, 1.82) is 0 Å². The quantitative estimate of drug-likeness (QED) is 0.642. The van der Waals surface area contributed by atoms with Gasteiger partial charge in [-0.05, 0) is 29.8 Å². The van der Waals surface area contributed by atoms with E-state index in [1.807, 2.05) is 0 Å². The summed E-state index contributed by atoms with van der Waals surface area (Å²) in [7, 11) is 0. The predicted molar refractivity (Wildman–Crippen MR) is 85.4 cm³/mol. The van der Waals surface area contributed by atoms with E-state index < -0.39 is 10.8 Å². The first kappa shape index (κ1) is 16.1. The maximum atomic E-state index is 11.1. The largest absolute Gasteiger partial charge is 0.375 e. The number of nitro benzene ring substituents is 1. The lowest BCUT2D eigenvalue weighted by atomic mass is 10.1. The third-order valence-corrected chi connectivity index (χ3v) is 3.55. The minimum atomic E-state index is -0.726. The molecule has 0 spiro atoms. The number of primary amides is 1.